The number of hydrogen-bond donors (Lipinski definition) is 0. The van der Waals surface area contributed by atoms with E-state index >= 15 is 0 Å². The molecule has 1 aliphatic carbocycles. The number of allylic oxidation sites excluding steroid dienone is 1. The first-order valence-corrected chi connectivity index (χ1v) is 8.83. The molecule has 0 saturated carbocycles. The van der Waals surface area contributed by atoms with Crippen LogP contribution in [0.25, 0.3) is 0 Å². The van der Waals surface area contributed by atoms with E-state index in [1.54, 1.807) is 5.57 Å². The van der Waals surface area contributed by atoms with Gasteiger partial charge in [-0.1, -0.05) is 18.6 Å². The number of hydrogen-bond acceptors (Lipinski definition) is 2. The van der Waals surface area contributed by atoms with E-state index in [9.17, 15) is 4.79 Å². The molecule has 3 nitrogen and oxygen atoms in total. The number of piperidine rings is 1. The highest BCUT2D eigenvalue weighted by Gasteiger charge is 2.32. The molecule has 0 aromatic carbocycles. The minimum absolute atomic E-state index is 0.396. The van der Waals surface area contributed by atoms with Crippen LogP contribution in [-0.2, 0) is 4.79 Å². The second kappa shape index (κ2) is 6.51. The second-order valence-corrected chi connectivity index (χ2v) is 7.33. The summed E-state index contributed by atoms with van der Waals surface area (Å²) in [4.78, 5) is 16.7. The zero-order valence-electron chi connectivity index (χ0n) is 13.7. The van der Waals surface area contributed by atoms with Crippen molar-refractivity contribution in [1.82, 2.24) is 9.80 Å². The predicted molar refractivity (Wildman–Crippen MR) is 86.1 cm³/mol. The lowest BCUT2D eigenvalue weighted by molar-refractivity contribution is -0.130. The maximum atomic E-state index is 11.9. The molecule has 21 heavy (non-hydrogen) atoms. The number of amides is 1. The fourth-order valence-electron chi connectivity index (χ4n) is 4.45. The van der Waals surface area contributed by atoms with Crippen LogP contribution in [0, 0.1) is 11.8 Å². The van der Waals surface area contributed by atoms with E-state index < -0.39 is 0 Å². The van der Waals surface area contributed by atoms with Gasteiger partial charge in [0, 0.05) is 38.6 Å². The Kier molecular flexibility index (Phi) is 4.68. The van der Waals surface area contributed by atoms with Crippen molar-refractivity contribution in [2.45, 2.75) is 58.4 Å². The number of carbonyl (C=O) groups excluding carboxylic acids is 1. The van der Waals surface area contributed by atoms with Gasteiger partial charge in [-0.15, -0.1) is 0 Å². The molecule has 0 radical (unpaired) electrons. The fourth-order valence-corrected chi connectivity index (χ4v) is 4.45. The van der Waals surface area contributed by atoms with Gasteiger partial charge in [-0.3, -0.25) is 4.79 Å². The van der Waals surface area contributed by atoms with E-state index in [0.29, 0.717) is 11.9 Å². The molecule has 118 valence electrons. The minimum Gasteiger partial charge on any atom is -0.340 e. The number of rotatable bonds is 3. The highest BCUT2D eigenvalue weighted by Crippen LogP contribution is 2.32. The SMILES string of the molecule is CC1=CCC[C@H](C)[C@H]1CN1CCC(N2CCCC2=O)CC1. The van der Waals surface area contributed by atoms with Crippen LogP contribution in [0.4, 0.5) is 0 Å². The Balaban J connectivity index is 1.50. The molecule has 2 saturated heterocycles. The standard InChI is InChI=1S/C18H30N2O/c1-14-5-3-6-15(2)17(14)13-19-11-8-16(9-12-19)20-10-4-7-18(20)21/h5,15-17H,3-4,6-13H2,1-2H3/t15-,17-/m0/s1. The van der Waals surface area contributed by atoms with Crippen molar-refractivity contribution in [2.75, 3.05) is 26.2 Å². The van der Waals surface area contributed by atoms with Gasteiger partial charge in [0.1, 0.15) is 0 Å². The molecule has 0 bridgehead atoms. The van der Waals surface area contributed by atoms with Crippen LogP contribution < -0.4 is 0 Å². The molecule has 0 N–H and O–H groups in total. The van der Waals surface area contributed by atoms with Crippen molar-refractivity contribution in [3.8, 4) is 0 Å². The first kappa shape index (κ1) is 15.1. The van der Waals surface area contributed by atoms with Gasteiger partial charge in [-0.25, -0.2) is 0 Å². The number of carbonyl (C=O) groups is 1. The van der Waals surface area contributed by atoms with Gasteiger partial charge in [0.15, 0.2) is 0 Å². The molecule has 0 aromatic heterocycles. The lowest BCUT2D eigenvalue weighted by atomic mass is 9.79. The smallest absolute Gasteiger partial charge is 0.222 e. The molecule has 3 aliphatic rings. The molecule has 1 amide bonds. The van der Waals surface area contributed by atoms with Gasteiger partial charge in [-0.2, -0.15) is 0 Å². The lowest BCUT2D eigenvalue weighted by Gasteiger charge is -2.40. The van der Waals surface area contributed by atoms with Crippen molar-refractivity contribution >= 4 is 5.91 Å². The van der Waals surface area contributed by atoms with Crippen molar-refractivity contribution in [1.29, 1.82) is 0 Å². The predicted octanol–water partition coefficient (Wildman–Crippen LogP) is 3.07. The quantitative estimate of drug-likeness (QED) is 0.746. The van der Waals surface area contributed by atoms with Gasteiger partial charge in [-0.05, 0) is 50.9 Å². The molecule has 2 heterocycles. The third-order valence-electron chi connectivity index (χ3n) is 5.92. The van der Waals surface area contributed by atoms with Gasteiger partial charge < -0.3 is 9.80 Å². The molecule has 2 fully saturated rings. The zero-order chi connectivity index (χ0) is 14.8. The van der Waals surface area contributed by atoms with Crippen molar-refractivity contribution < 1.29 is 4.79 Å². The molecular formula is C18H30N2O. The summed E-state index contributed by atoms with van der Waals surface area (Å²) in [5, 5.41) is 0. The van der Waals surface area contributed by atoms with Crippen LogP contribution >= 0.6 is 0 Å². The van der Waals surface area contributed by atoms with Crippen LogP contribution in [-0.4, -0.2) is 47.9 Å². The number of nitrogens with zero attached hydrogens (tertiary/aromatic N) is 2. The van der Waals surface area contributed by atoms with Crippen molar-refractivity contribution in [3.63, 3.8) is 0 Å². The molecule has 2 atom stereocenters. The Hall–Kier alpha value is -0.830. The van der Waals surface area contributed by atoms with Crippen LogP contribution in [0.15, 0.2) is 11.6 Å². The summed E-state index contributed by atoms with van der Waals surface area (Å²) in [7, 11) is 0. The molecule has 3 rings (SSSR count). The lowest BCUT2D eigenvalue weighted by Crippen LogP contribution is -2.47. The van der Waals surface area contributed by atoms with Gasteiger partial charge in [0.2, 0.25) is 5.91 Å². The monoisotopic (exact) mass is 290 g/mol. The minimum atomic E-state index is 0.396. The summed E-state index contributed by atoms with van der Waals surface area (Å²) >= 11 is 0. The maximum Gasteiger partial charge on any atom is 0.222 e. The van der Waals surface area contributed by atoms with Crippen molar-refractivity contribution in [3.05, 3.63) is 11.6 Å². The summed E-state index contributed by atoms with van der Waals surface area (Å²) in [6, 6.07) is 0.525. The Morgan fingerprint density at radius 1 is 1.19 bits per heavy atom. The maximum absolute atomic E-state index is 11.9. The Morgan fingerprint density at radius 2 is 1.95 bits per heavy atom. The molecule has 0 unspecified atom stereocenters. The van der Waals surface area contributed by atoms with Crippen LogP contribution in [0.5, 0.6) is 0 Å². The third kappa shape index (κ3) is 3.33. The summed E-state index contributed by atoms with van der Waals surface area (Å²) in [5.74, 6) is 1.98. The van der Waals surface area contributed by atoms with Crippen LogP contribution in [0.1, 0.15) is 52.4 Å². The van der Waals surface area contributed by atoms with Crippen molar-refractivity contribution in [2.24, 2.45) is 11.8 Å². The first-order chi connectivity index (χ1) is 10.1. The number of likely N-dealkylation sites (tertiary alicyclic amines) is 2. The van der Waals surface area contributed by atoms with E-state index in [1.807, 2.05) is 0 Å². The summed E-state index contributed by atoms with van der Waals surface area (Å²) in [5.41, 5.74) is 1.60. The normalized spacial score (nSPS) is 32.6. The average molecular weight is 290 g/mol. The highest BCUT2D eigenvalue weighted by molar-refractivity contribution is 5.78. The topological polar surface area (TPSA) is 23.6 Å². The van der Waals surface area contributed by atoms with E-state index in [1.165, 1.54) is 45.3 Å². The van der Waals surface area contributed by atoms with Gasteiger partial charge >= 0.3 is 0 Å². The summed E-state index contributed by atoms with van der Waals surface area (Å²) in [6.07, 6.45) is 9.27. The second-order valence-electron chi connectivity index (χ2n) is 7.33. The van der Waals surface area contributed by atoms with Crippen LogP contribution in [0.2, 0.25) is 0 Å². The van der Waals surface area contributed by atoms with Gasteiger partial charge in [0.25, 0.3) is 0 Å². The summed E-state index contributed by atoms with van der Waals surface area (Å²) < 4.78 is 0. The van der Waals surface area contributed by atoms with E-state index in [4.69, 9.17) is 0 Å². The Labute approximate surface area is 129 Å². The summed E-state index contributed by atoms with van der Waals surface area (Å²) in [6.45, 7) is 9.30. The molecule has 0 aromatic rings. The fraction of sp³-hybridized carbons (Fsp3) is 0.833. The molecular weight excluding hydrogens is 260 g/mol. The zero-order valence-corrected chi connectivity index (χ0v) is 13.7. The van der Waals surface area contributed by atoms with E-state index in [-0.39, 0.29) is 0 Å². The Morgan fingerprint density at radius 3 is 2.57 bits per heavy atom. The van der Waals surface area contributed by atoms with E-state index in [2.05, 4.69) is 29.7 Å². The third-order valence-corrected chi connectivity index (χ3v) is 5.92. The molecule has 2 aliphatic heterocycles. The highest BCUT2D eigenvalue weighted by atomic mass is 16.2. The average Bonchev–Trinajstić information content (AvgIpc) is 2.90. The van der Waals surface area contributed by atoms with Crippen LogP contribution in [0.3, 0.4) is 0 Å². The Bertz CT molecular complexity index is 409. The first-order valence-electron chi connectivity index (χ1n) is 8.83. The molecule has 3 heteroatoms. The largest absolute Gasteiger partial charge is 0.340 e. The van der Waals surface area contributed by atoms with E-state index in [0.717, 1.165) is 31.2 Å². The molecule has 0 spiro atoms. The van der Waals surface area contributed by atoms with Gasteiger partial charge in [0.05, 0.1) is 0 Å².